The smallest absolute Gasteiger partial charge is 0.246 e. The minimum atomic E-state index is -0.0358. The fourth-order valence-electron chi connectivity index (χ4n) is 4.66. The number of amides is 1. The van der Waals surface area contributed by atoms with Crippen LogP contribution in [0.5, 0.6) is 11.5 Å². The number of fused-ring (bicyclic) bond motifs is 2. The van der Waals surface area contributed by atoms with Crippen LogP contribution in [0.25, 0.3) is 16.7 Å². The van der Waals surface area contributed by atoms with Gasteiger partial charge in [0.05, 0.1) is 5.52 Å². The number of carbonyl (C=O) groups is 1. The molecule has 0 atom stereocenters. The molecule has 1 amide bonds. The number of aryl methyl sites for hydroxylation is 1. The number of nitrogens with zero attached hydrogens (tertiary/aromatic N) is 8. The molecule has 6 rings (SSSR count). The van der Waals surface area contributed by atoms with E-state index in [4.69, 9.17) is 9.72 Å². The van der Waals surface area contributed by atoms with Gasteiger partial charge in [-0.2, -0.15) is 5.10 Å². The molecule has 11 nitrogen and oxygen atoms in total. The molecule has 1 aliphatic heterocycles. The summed E-state index contributed by atoms with van der Waals surface area (Å²) in [6.45, 7) is 8.43. The maximum absolute atomic E-state index is 12.1. The highest BCUT2D eigenvalue weighted by molar-refractivity contribution is 5.88. The lowest BCUT2D eigenvalue weighted by Gasteiger charge is -2.22. The van der Waals surface area contributed by atoms with Crippen molar-refractivity contribution in [2.75, 3.05) is 36.4 Å². The van der Waals surface area contributed by atoms with Crippen molar-refractivity contribution in [1.29, 1.82) is 0 Å². The molecule has 0 spiro atoms. The Morgan fingerprint density at radius 3 is 2.82 bits per heavy atom. The Morgan fingerprint density at radius 1 is 1.03 bits per heavy atom. The van der Waals surface area contributed by atoms with Gasteiger partial charge in [-0.3, -0.25) is 4.79 Å². The van der Waals surface area contributed by atoms with Gasteiger partial charge >= 0.3 is 0 Å². The zero-order valence-electron chi connectivity index (χ0n) is 21.5. The van der Waals surface area contributed by atoms with E-state index in [1.165, 1.54) is 18.7 Å². The van der Waals surface area contributed by atoms with Crippen molar-refractivity contribution in [1.82, 2.24) is 34.4 Å². The SMILES string of the molecule is C=CC(=O)N1CCCN(c2ccc3ncnc(Nc4ccc(Oc5ccn6ncnc6c5)c(C)c4)c3n2)CC1. The summed E-state index contributed by atoms with van der Waals surface area (Å²) >= 11 is 0. The average Bonchev–Trinajstić information content (AvgIpc) is 3.28. The maximum Gasteiger partial charge on any atom is 0.246 e. The molecule has 196 valence electrons. The van der Waals surface area contributed by atoms with Crippen molar-refractivity contribution in [3.63, 3.8) is 0 Å². The first-order valence-corrected chi connectivity index (χ1v) is 12.7. The molecule has 11 heteroatoms. The molecule has 5 aromatic rings. The minimum Gasteiger partial charge on any atom is -0.457 e. The molecule has 5 heterocycles. The van der Waals surface area contributed by atoms with Crippen LogP contribution < -0.4 is 15.0 Å². The molecule has 1 fully saturated rings. The summed E-state index contributed by atoms with van der Waals surface area (Å²) in [6.07, 6.45) is 7.08. The molecule has 1 saturated heterocycles. The van der Waals surface area contributed by atoms with E-state index in [-0.39, 0.29) is 5.91 Å². The molecule has 0 bridgehead atoms. The molecule has 1 aromatic carbocycles. The summed E-state index contributed by atoms with van der Waals surface area (Å²) in [5.74, 6) is 2.83. The van der Waals surface area contributed by atoms with Crippen LogP contribution >= 0.6 is 0 Å². The molecule has 1 aliphatic rings. The van der Waals surface area contributed by atoms with E-state index in [0.717, 1.165) is 41.3 Å². The summed E-state index contributed by atoms with van der Waals surface area (Å²) in [5, 5.41) is 7.51. The fraction of sp³-hybridized carbons (Fsp3) is 0.214. The van der Waals surface area contributed by atoms with Crippen molar-refractivity contribution in [2.24, 2.45) is 0 Å². The van der Waals surface area contributed by atoms with Crippen molar-refractivity contribution in [3.8, 4) is 11.5 Å². The Hall–Kier alpha value is -5.06. The van der Waals surface area contributed by atoms with Crippen molar-refractivity contribution in [2.45, 2.75) is 13.3 Å². The van der Waals surface area contributed by atoms with Gasteiger partial charge < -0.3 is 19.9 Å². The van der Waals surface area contributed by atoms with Crippen LogP contribution in [-0.2, 0) is 4.79 Å². The van der Waals surface area contributed by atoms with Gasteiger partial charge in [0.2, 0.25) is 5.91 Å². The Labute approximate surface area is 224 Å². The highest BCUT2D eigenvalue weighted by atomic mass is 16.5. The van der Waals surface area contributed by atoms with Gasteiger partial charge in [0.25, 0.3) is 0 Å². The average molecular weight is 522 g/mol. The van der Waals surface area contributed by atoms with Crippen molar-refractivity contribution < 1.29 is 9.53 Å². The Balaban J connectivity index is 1.22. The van der Waals surface area contributed by atoms with E-state index in [0.29, 0.717) is 42.4 Å². The molecule has 39 heavy (non-hydrogen) atoms. The van der Waals surface area contributed by atoms with Crippen molar-refractivity contribution in [3.05, 3.63) is 79.5 Å². The molecular formula is C28H27N9O2. The minimum absolute atomic E-state index is 0.0358. The van der Waals surface area contributed by atoms with Gasteiger partial charge in [0.1, 0.15) is 35.5 Å². The van der Waals surface area contributed by atoms with E-state index in [2.05, 4.69) is 36.8 Å². The van der Waals surface area contributed by atoms with E-state index in [1.54, 1.807) is 4.52 Å². The largest absolute Gasteiger partial charge is 0.457 e. The third-order valence-corrected chi connectivity index (χ3v) is 6.69. The number of anilines is 3. The van der Waals surface area contributed by atoms with Gasteiger partial charge in [0, 0.05) is 44.1 Å². The Morgan fingerprint density at radius 2 is 1.95 bits per heavy atom. The number of benzene rings is 1. The predicted octanol–water partition coefficient (Wildman–Crippen LogP) is 4.14. The fourth-order valence-corrected chi connectivity index (χ4v) is 4.66. The number of rotatable bonds is 6. The monoisotopic (exact) mass is 521 g/mol. The summed E-state index contributed by atoms with van der Waals surface area (Å²) in [5.41, 5.74) is 3.95. The van der Waals surface area contributed by atoms with Crippen LogP contribution in [0, 0.1) is 6.92 Å². The molecule has 0 saturated carbocycles. The van der Waals surface area contributed by atoms with E-state index in [9.17, 15) is 4.79 Å². The lowest BCUT2D eigenvalue weighted by molar-refractivity contribution is -0.125. The van der Waals surface area contributed by atoms with Gasteiger partial charge in [0.15, 0.2) is 11.5 Å². The number of hydrogen-bond donors (Lipinski definition) is 1. The normalized spacial score (nSPS) is 13.9. The summed E-state index contributed by atoms with van der Waals surface area (Å²) in [6, 6.07) is 13.5. The first-order chi connectivity index (χ1) is 19.1. The van der Waals surface area contributed by atoms with Gasteiger partial charge in [-0.15, -0.1) is 0 Å². The Bertz CT molecular complexity index is 1680. The van der Waals surface area contributed by atoms with Crippen LogP contribution in [0.1, 0.15) is 12.0 Å². The van der Waals surface area contributed by atoms with Gasteiger partial charge in [-0.25, -0.2) is 24.5 Å². The molecule has 4 aromatic heterocycles. The second-order valence-corrected chi connectivity index (χ2v) is 9.26. The topological polar surface area (TPSA) is 114 Å². The van der Waals surface area contributed by atoms with Crippen LogP contribution in [0.15, 0.2) is 74.0 Å². The number of pyridine rings is 2. The zero-order chi connectivity index (χ0) is 26.8. The van der Waals surface area contributed by atoms with Crippen molar-refractivity contribution >= 4 is 39.9 Å². The molecule has 0 aliphatic carbocycles. The number of carbonyl (C=O) groups excluding carboxylic acids is 1. The second-order valence-electron chi connectivity index (χ2n) is 9.26. The Kier molecular flexibility index (Phi) is 6.45. The number of aromatic nitrogens is 6. The molecule has 0 radical (unpaired) electrons. The number of hydrogen-bond acceptors (Lipinski definition) is 9. The number of nitrogens with one attached hydrogen (secondary N) is 1. The maximum atomic E-state index is 12.1. The van der Waals surface area contributed by atoms with E-state index >= 15 is 0 Å². The van der Waals surface area contributed by atoms with E-state index in [1.807, 2.05) is 60.5 Å². The third kappa shape index (κ3) is 5.06. The number of ether oxygens (including phenoxy) is 1. The van der Waals surface area contributed by atoms with Crippen LogP contribution in [0.4, 0.5) is 17.3 Å². The van der Waals surface area contributed by atoms with Crippen LogP contribution in [0.3, 0.4) is 0 Å². The highest BCUT2D eigenvalue weighted by Crippen LogP contribution is 2.30. The summed E-state index contributed by atoms with van der Waals surface area (Å²) in [4.78, 5) is 34.1. The molecular weight excluding hydrogens is 494 g/mol. The molecule has 1 N–H and O–H groups in total. The first kappa shape index (κ1) is 24.3. The second kappa shape index (κ2) is 10.4. The zero-order valence-corrected chi connectivity index (χ0v) is 21.5. The summed E-state index contributed by atoms with van der Waals surface area (Å²) < 4.78 is 7.79. The third-order valence-electron chi connectivity index (χ3n) is 6.69. The van der Waals surface area contributed by atoms with Gasteiger partial charge in [-0.1, -0.05) is 6.58 Å². The highest BCUT2D eigenvalue weighted by Gasteiger charge is 2.19. The lowest BCUT2D eigenvalue weighted by atomic mass is 10.2. The van der Waals surface area contributed by atoms with E-state index < -0.39 is 0 Å². The molecule has 0 unspecified atom stereocenters. The van der Waals surface area contributed by atoms with Crippen LogP contribution in [0.2, 0.25) is 0 Å². The standard InChI is InChI=1S/C28H27N9O2/c1-3-26(38)36-11-4-10-35(13-14-36)24-8-6-22-27(34-24)28(31-17-29-22)33-20-5-7-23(19(2)15-20)39-21-9-12-37-25(16-21)30-18-32-37/h3,5-9,12,15-18H,1,4,10-11,13-14H2,2H3,(H,29,31,33). The predicted molar refractivity (Wildman–Crippen MR) is 148 cm³/mol. The van der Waals surface area contributed by atoms with Crippen LogP contribution in [-0.4, -0.2) is 66.5 Å². The quantitative estimate of drug-likeness (QED) is 0.329. The lowest BCUT2D eigenvalue weighted by Crippen LogP contribution is -2.34. The first-order valence-electron chi connectivity index (χ1n) is 12.7. The van der Waals surface area contributed by atoms with Gasteiger partial charge in [-0.05, 0) is 61.4 Å². The summed E-state index contributed by atoms with van der Waals surface area (Å²) in [7, 11) is 0.